The molecule has 196 valence electrons. The number of imide groups is 1. The summed E-state index contributed by atoms with van der Waals surface area (Å²) in [6.45, 7) is 4.70. The van der Waals surface area contributed by atoms with Crippen LogP contribution in [0, 0.1) is 6.92 Å². The van der Waals surface area contributed by atoms with Crippen molar-refractivity contribution >= 4 is 52.2 Å². The molecule has 2 aliphatic rings. The van der Waals surface area contributed by atoms with Crippen molar-refractivity contribution in [2.45, 2.75) is 27.0 Å². The SMILES string of the molecule is CCOc1cc(/C=C2\SC(=O)N(Cc3cc4c(cc3Cl)OCO4)C2=O)cc(Cl)c1OCc1ccc(C)cc1. The van der Waals surface area contributed by atoms with Crippen LogP contribution in [0.5, 0.6) is 23.0 Å². The highest BCUT2D eigenvalue weighted by Gasteiger charge is 2.36. The second kappa shape index (κ2) is 11.2. The van der Waals surface area contributed by atoms with Crippen molar-refractivity contribution in [3.63, 3.8) is 0 Å². The van der Waals surface area contributed by atoms with E-state index in [2.05, 4.69) is 0 Å². The molecule has 0 N–H and O–H groups in total. The summed E-state index contributed by atoms with van der Waals surface area (Å²) in [5.74, 6) is 1.49. The smallest absolute Gasteiger partial charge is 0.293 e. The van der Waals surface area contributed by atoms with E-state index in [4.69, 9.17) is 42.1 Å². The minimum absolute atomic E-state index is 0.00816. The second-order valence-electron chi connectivity index (χ2n) is 8.60. The first-order chi connectivity index (χ1) is 18.3. The molecule has 1 saturated heterocycles. The van der Waals surface area contributed by atoms with Crippen molar-refractivity contribution in [2.24, 2.45) is 0 Å². The maximum Gasteiger partial charge on any atom is 0.293 e. The van der Waals surface area contributed by atoms with Crippen molar-refractivity contribution < 1.29 is 28.5 Å². The fraction of sp³-hybridized carbons (Fsp3) is 0.214. The summed E-state index contributed by atoms with van der Waals surface area (Å²) in [4.78, 5) is 27.3. The lowest BCUT2D eigenvalue weighted by Gasteiger charge is -2.15. The fourth-order valence-electron chi connectivity index (χ4n) is 3.95. The van der Waals surface area contributed by atoms with Crippen LogP contribution in [0.2, 0.25) is 10.0 Å². The lowest BCUT2D eigenvalue weighted by atomic mass is 10.1. The monoisotopic (exact) mass is 571 g/mol. The standard InChI is InChI=1S/C28H23Cl2NO6S/c1-3-34-24-9-18(8-21(30)26(24)35-14-17-6-4-16(2)5-7-17)10-25-27(32)31(28(33)38-25)13-19-11-22-23(12-20(19)29)37-15-36-22/h4-12H,3,13-15H2,1-2H3/b25-10-. The number of halogens is 2. The van der Waals surface area contributed by atoms with Crippen molar-refractivity contribution in [1.82, 2.24) is 4.90 Å². The van der Waals surface area contributed by atoms with Gasteiger partial charge >= 0.3 is 0 Å². The van der Waals surface area contributed by atoms with Gasteiger partial charge in [0.25, 0.3) is 11.1 Å². The first kappa shape index (κ1) is 26.3. The van der Waals surface area contributed by atoms with E-state index >= 15 is 0 Å². The third-order valence-corrected chi connectivity index (χ3v) is 7.42. The highest BCUT2D eigenvalue weighted by Crippen LogP contribution is 2.41. The number of carbonyl (C=O) groups is 2. The average molecular weight is 572 g/mol. The fourth-order valence-corrected chi connectivity index (χ4v) is 5.28. The molecule has 0 unspecified atom stereocenters. The van der Waals surface area contributed by atoms with E-state index in [0.29, 0.717) is 57.4 Å². The molecule has 1 fully saturated rings. The Bertz CT molecular complexity index is 1440. The number of hydrogen-bond acceptors (Lipinski definition) is 7. The number of benzene rings is 3. The quantitative estimate of drug-likeness (QED) is 0.264. The van der Waals surface area contributed by atoms with E-state index in [1.165, 1.54) is 0 Å². The Morgan fingerprint density at radius 2 is 1.74 bits per heavy atom. The van der Waals surface area contributed by atoms with E-state index in [-0.39, 0.29) is 18.2 Å². The number of thioether (sulfide) groups is 1. The molecule has 5 rings (SSSR count). The third-order valence-electron chi connectivity index (χ3n) is 5.88. The number of nitrogens with zero attached hydrogens (tertiary/aromatic N) is 1. The van der Waals surface area contributed by atoms with Crippen molar-refractivity contribution in [1.29, 1.82) is 0 Å². The zero-order valence-corrected chi connectivity index (χ0v) is 22.9. The van der Waals surface area contributed by atoms with E-state index in [1.54, 1.807) is 30.3 Å². The molecule has 0 bridgehead atoms. The summed E-state index contributed by atoms with van der Waals surface area (Å²) in [5.41, 5.74) is 3.34. The molecule has 0 spiro atoms. The Labute approximate surface area is 234 Å². The Balaban J connectivity index is 1.35. The highest BCUT2D eigenvalue weighted by atomic mass is 35.5. The molecule has 3 aromatic rings. The van der Waals surface area contributed by atoms with Crippen LogP contribution in [-0.4, -0.2) is 29.4 Å². The van der Waals surface area contributed by atoms with Crippen molar-refractivity contribution in [3.05, 3.63) is 85.7 Å². The van der Waals surface area contributed by atoms with Gasteiger partial charge in [0, 0.05) is 11.1 Å². The largest absolute Gasteiger partial charge is 0.490 e. The summed E-state index contributed by atoms with van der Waals surface area (Å²) >= 11 is 13.8. The summed E-state index contributed by atoms with van der Waals surface area (Å²) in [6.07, 6.45) is 1.62. The number of rotatable bonds is 8. The van der Waals surface area contributed by atoms with Gasteiger partial charge in [-0.15, -0.1) is 0 Å². The van der Waals surface area contributed by atoms with Crippen LogP contribution >= 0.6 is 35.0 Å². The van der Waals surface area contributed by atoms with Crippen molar-refractivity contribution in [2.75, 3.05) is 13.4 Å². The molecule has 0 radical (unpaired) electrons. The summed E-state index contributed by atoms with van der Waals surface area (Å²) < 4.78 is 22.5. The van der Waals surface area contributed by atoms with Gasteiger partial charge in [-0.2, -0.15) is 0 Å². The van der Waals surface area contributed by atoms with Crippen LogP contribution in [-0.2, 0) is 17.9 Å². The van der Waals surface area contributed by atoms with Gasteiger partial charge in [-0.25, -0.2) is 0 Å². The van der Waals surface area contributed by atoms with E-state index < -0.39 is 11.1 Å². The lowest BCUT2D eigenvalue weighted by molar-refractivity contribution is -0.123. The zero-order valence-electron chi connectivity index (χ0n) is 20.6. The Morgan fingerprint density at radius 3 is 2.47 bits per heavy atom. The van der Waals surface area contributed by atoms with Gasteiger partial charge in [0.05, 0.1) is 23.1 Å². The molecular weight excluding hydrogens is 549 g/mol. The first-order valence-corrected chi connectivity index (χ1v) is 13.4. The maximum atomic E-state index is 13.1. The molecule has 0 atom stereocenters. The molecule has 0 aliphatic carbocycles. The summed E-state index contributed by atoms with van der Waals surface area (Å²) in [5, 5.41) is 0.316. The van der Waals surface area contributed by atoms with E-state index in [9.17, 15) is 9.59 Å². The second-order valence-corrected chi connectivity index (χ2v) is 10.4. The molecule has 2 heterocycles. The number of aryl methyl sites for hydroxylation is 1. The van der Waals surface area contributed by atoms with E-state index in [0.717, 1.165) is 27.8 Å². The van der Waals surface area contributed by atoms with Crippen LogP contribution in [0.15, 0.2) is 53.4 Å². The molecule has 0 aromatic heterocycles. The van der Waals surface area contributed by atoms with Gasteiger partial charge in [-0.05, 0) is 66.6 Å². The van der Waals surface area contributed by atoms with E-state index in [1.807, 2.05) is 38.1 Å². The number of ether oxygens (including phenoxy) is 4. The normalized spacial score (nSPS) is 15.5. The number of fused-ring (bicyclic) bond motifs is 1. The Kier molecular flexibility index (Phi) is 7.74. The lowest BCUT2D eigenvalue weighted by Crippen LogP contribution is -2.27. The molecule has 38 heavy (non-hydrogen) atoms. The minimum Gasteiger partial charge on any atom is -0.490 e. The first-order valence-electron chi connectivity index (χ1n) is 11.8. The van der Waals surface area contributed by atoms with Crippen LogP contribution in [0.1, 0.15) is 29.2 Å². The van der Waals surface area contributed by atoms with Crippen LogP contribution < -0.4 is 18.9 Å². The topological polar surface area (TPSA) is 74.3 Å². The van der Waals surface area contributed by atoms with Gasteiger partial charge < -0.3 is 18.9 Å². The minimum atomic E-state index is -0.428. The number of amides is 2. The predicted octanol–water partition coefficient (Wildman–Crippen LogP) is 7.24. The molecule has 0 saturated carbocycles. The summed E-state index contributed by atoms with van der Waals surface area (Å²) in [7, 11) is 0. The van der Waals surface area contributed by atoms with Crippen molar-refractivity contribution in [3.8, 4) is 23.0 Å². The molecule has 7 nitrogen and oxygen atoms in total. The van der Waals surface area contributed by atoms with Gasteiger partial charge in [-0.3, -0.25) is 14.5 Å². The molecule has 2 aliphatic heterocycles. The Morgan fingerprint density at radius 1 is 1.00 bits per heavy atom. The third kappa shape index (κ3) is 5.57. The van der Waals surface area contributed by atoms with Crippen LogP contribution in [0.4, 0.5) is 4.79 Å². The maximum absolute atomic E-state index is 13.1. The molecule has 10 heteroatoms. The zero-order chi connectivity index (χ0) is 26.8. The Hall–Kier alpha value is -3.33. The number of hydrogen-bond donors (Lipinski definition) is 0. The molecule has 2 amide bonds. The summed E-state index contributed by atoms with van der Waals surface area (Å²) in [6, 6.07) is 14.7. The van der Waals surface area contributed by atoms with Crippen LogP contribution in [0.25, 0.3) is 6.08 Å². The highest BCUT2D eigenvalue weighted by molar-refractivity contribution is 8.18. The molecule has 3 aromatic carbocycles. The van der Waals surface area contributed by atoms with Gasteiger partial charge in [0.15, 0.2) is 23.0 Å². The average Bonchev–Trinajstić information content (AvgIpc) is 3.44. The predicted molar refractivity (Wildman–Crippen MR) is 147 cm³/mol. The van der Waals surface area contributed by atoms with Gasteiger partial charge in [0.1, 0.15) is 6.61 Å². The van der Waals surface area contributed by atoms with Crippen LogP contribution in [0.3, 0.4) is 0 Å². The van der Waals surface area contributed by atoms with Gasteiger partial charge in [0.2, 0.25) is 6.79 Å². The molecular formula is C28H23Cl2NO6S. The number of carbonyl (C=O) groups excluding carboxylic acids is 2. The van der Waals surface area contributed by atoms with Gasteiger partial charge in [-0.1, -0.05) is 53.0 Å².